The lowest BCUT2D eigenvalue weighted by Gasteiger charge is -2.21. The molecule has 2 aliphatic rings. The molecule has 0 amide bonds. The number of sulfonamides is 1. The van der Waals surface area contributed by atoms with Gasteiger partial charge < -0.3 is 5.73 Å². The van der Waals surface area contributed by atoms with E-state index in [2.05, 4.69) is 4.72 Å². The van der Waals surface area contributed by atoms with Gasteiger partial charge in [0.2, 0.25) is 10.0 Å². The molecule has 0 aliphatic heterocycles. The Morgan fingerprint density at radius 3 is 2.79 bits per heavy atom. The van der Waals surface area contributed by atoms with Crippen molar-refractivity contribution in [1.29, 1.82) is 0 Å². The van der Waals surface area contributed by atoms with Crippen LogP contribution < -0.4 is 10.5 Å². The minimum Gasteiger partial charge on any atom is -0.326 e. The highest BCUT2D eigenvalue weighted by molar-refractivity contribution is 7.89. The lowest BCUT2D eigenvalue weighted by atomic mass is 9.89. The zero-order chi connectivity index (χ0) is 13.5. The molecule has 0 radical (unpaired) electrons. The summed E-state index contributed by atoms with van der Waals surface area (Å²) in [4.78, 5) is 1.27. The van der Waals surface area contributed by atoms with Crippen molar-refractivity contribution in [2.24, 2.45) is 23.5 Å². The second-order valence-electron chi connectivity index (χ2n) is 5.74. The molecule has 0 aromatic carbocycles. The maximum absolute atomic E-state index is 12.2. The average molecular weight is 300 g/mol. The molecule has 3 N–H and O–H groups in total. The number of nitrogens with two attached hydrogens (primary N) is 1. The number of nitrogens with one attached hydrogen (secondary N) is 1. The fourth-order valence-corrected chi connectivity index (χ4v) is 5.78. The topological polar surface area (TPSA) is 72.2 Å². The summed E-state index contributed by atoms with van der Waals surface area (Å²) < 4.78 is 27.1. The molecule has 1 heterocycles. The van der Waals surface area contributed by atoms with Gasteiger partial charge in [0.25, 0.3) is 0 Å². The van der Waals surface area contributed by atoms with Crippen LogP contribution in [0.15, 0.2) is 16.3 Å². The van der Waals surface area contributed by atoms with E-state index in [1.54, 1.807) is 11.4 Å². The monoisotopic (exact) mass is 300 g/mol. The first-order valence-electron chi connectivity index (χ1n) is 6.85. The quantitative estimate of drug-likeness (QED) is 0.872. The van der Waals surface area contributed by atoms with Crippen LogP contribution in [0.5, 0.6) is 0 Å². The molecule has 3 unspecified atom stereocenters. The second-order valence-corrected chi connectivity index (χ2v) is 8.50. The molecule has 3 rings (SSSR count). The van der Waals surface area contributed by atoms with Crippen LogP contribution in [0, 0.1) is 17.8 Å². The molecule has 3 atom stereocenters. The Kier molecular flexibility index (Phi) is 3.68. The summed E-state index contributed by atoms with van der Waals surface area (Å²) in [6.45, 7) is 0.990. The van der Waals surface area contributed by atoms with Crippen molar-refractivity contribution in [2.45, 2.75) is 37.1 Å². The SMILES string of the molecule is NCc1cc(S(=O)(=O)NCC2CC3CCC2C3)cs1. The Morgan fingerprint density at radius 2 is 2.21 bits per heavy atom. The molecular formula is C13H20N2O2S2. The normalized spacial score (nSPS) is 30.1. The molecule has 4 nitrogen and oxygen atoms in total. The van der Waals surface area contributed by atoms with E-state index in [-0.39, 0.29) is 0 Å². The van der Waals surface area contributed by atoms with E-state index >= 15 is 0 Å². The van der Waals surface area contributed by atoms with E-state index in [1.807, 2.05) is 0 Å². The average Bonchev–Trinajstić information content (AvgIpc) is 3.11. The van der Waals surface area contributed by atoms with Gasteiger partial charge in [-0.05, 0) is 43.1 Å². The van der Waals surface area contributed by atoms with Gasteiger partial charge in [-0.3, -0.25) is 0 Å². The lowest BCUT2D eigenvalue weighted by molar-refractivity contribution is 0.333. The number of fused-ring (bicyclic) bond motifs is 2. The van der Waals surface area contributed by atoms with E-state index < -0.39 is 10.0 Å². The summed E-state index contributed by atoms with van der Waals surface area (Å²) in [5.41, 5.74) is 5.52. The van der Waals surface area contributed by atoms with E-state index in [1.165, 1.54) is 37.0 Å². The lowest BCUT2D eigenvalue weighted by Crippen LogP contribution is -2.31. The van der Waals surface area contributed by atoms with E-state index in [9.17, 15) is 8.42 Å². The van der Waals surface area contributed by atoms with Gasteiger partial charge in [-0.15, -0.1) is 11.3 Å². The van der Waals surface area contributed by atoms with Gasteiger partial charge in [-0.1, -0.05) is 6.42 Å². The van der Waals surface area contributed by atoms with Crippen molar-refractivity contribution < 1.29 is 8.42 Å². The molecule has 106 valence electrons. The van der Waals surface area contributed by atoms with Crippen molar-refractivity contribution in [3.8, 4) is 0 Å². The van der Waals surface area contributed by atoms with Gasteiger partial charge in [0, 0.05) is 23.3 Å². The summed E-state index contributed by atoms with van der Waals surface area (Å²) in [6, 6.07) is 1.67. The van der Waals surface area contributed by atoms with Crippen molar-refractivity contribution >= 4 is 21.4 Å². The Labute approximate surface area is 118 Å². The summed E-state index contributed by atoms with van der Waals surface area (Å²) in [6.07, 6.45) is 5.14. The summed E-state index contributed by atoms with van der Waals surface area (Å²) >= 11 is 1.40. The largest absolute Gasteiger partial charge is 0.326 e. The molecule has 2 saturated carbocycles. The van der Waals surface area contributed by atoms with Crippen molar-refractivity contribution in [1.82, 2.24) is 4.72 Å². The van der Waals surface area contributed by atoms with Crippen LogP contribution in [0.3, 0.4) is 0 Å². The Morgan fingerprint density at radius 1 is 1.37 bits per heavy atom. The third-order valence-electron chi connectivity index (χ3n) is 4.56. The number of hydrogen-bond donors (Lipinski definition) is 2. The van der Waals surface area contributed by atoms with Crippen LogP contribution in [0.2, 0.25) is 0 Å². The van der Waals surface area contributed by atoms with Crippen molar-refractivity contribution in [3.63, 3.8) is 0 Å². The fourth-order valence-electron chi connectivity index (χ4n) is 3.53. The summed E-state index contributed by atoms with van der Waals surface area (Å²) in [5.74, 6) is 2.14. The predicted octanol–water partition coefficient (Wildman–Crippen LogP) is 1.92. The number of rotatable bonds is 5. The molecule has 0 saturated heterocycles. The zero-order valence-electron chi connectivity index (χ0n) is 10.8. The van der Waals surface area contributed by atoms with Crippen LogP contribution in [-0.2, 0) is 16.6 Å². The maximum atomic E-state index is 12.2. The molecule has 1 aromatic rings. The fraction of sp³-hybridized carbons (Fsp3) is 0.692. The van der Waals surface area contributed by atoms with Crippen LogP contribution in [0.1, 0.15) is 30.6 Å². The van der Waals surface area contributed by atoms with Crippen LogP contribution in [-0.4, -0.2) is 15.0 Å². The van der Waals surface area contributed by atoms with Crippen LogP contribution in [0.4, 0.5) is 0 Å². The van der Waals surface area contributed by atoms with E-state index in [0.29, 0.717) is 23.9 Å². The van der Waals surface area contributed by atoms with Gasteiger partial charge in [0.15, 0.2) is 0 Å². The molecule has 19 heavy (non-hydrogen) atoms. The minimum atomic E-state index is -3.35. The van der Waals surface area contributed by atoms with Gasteiger partial charge in [0.05, 0.1) is 4.90 Å². The van der Waals surface area contributed by atoms with E-state index in [0.717, 1.165) is 16.7 Å². The highest BCUT2D eigenvalue weighted by Gasteiger charge is 2.39. The Bertz CT molecular complexity index is 553. The molecule has 0 spiro atoms. The Balaban J connectivity index is 1.62. The first kappa shape index (κ1) is 13.5. The highest BCUT2D eigenvalue weighted by Crippen LogP contribution is 2.48. The van der Waals surface area contributed by atoms with Crippen molar-refractivity contribution in [3.05, 3.63) is 16.3 Å². The molecule has 2 aliphatic carbocycles. The van der Waals surface area contributed by atoms with Gasteiger partial charge in [0.1, 0.15) is 0 Å². The number of thiophene rings is 1. The van der Waals surface area contributed by atoms with Gasteiger partial charge in [-0.2, -0.15) is 0 Å². The van der Waals surface area contributed by atoms with Gasteiger partial charge in [-0.25, -0.2) is 13.1 Å². The third kappa shape index (κ3) is 2.72. The smallest absolute Gasteiger partial charge is 0.241 e. The molecule has 6 heteroatoms. The second kappa shape index (κ2) is 5.16. The van der Waals surface area contributed by atoms with Gasteiger partial charge >= 0.3 is 0 Å². The maximum Gasteiger partial charge on any atom is 0.241 e. The van der Waals surface area contributed by atoms with Crippen molar-refractivity contribution in [2.75, 3.05) is 6.54 Å². The van der Waals surface area contributed by atoms with Crippen LogP contribution in [0.25, 0.3) is 0 Å². The standard InChI is InChI=1S/C13H20N2O2S2/c14-6-12-5-13(8-18-12)19(16,17)15-7-11-4-9-1-2-10(11)3-9/h5,8-11,15H,1-4,6-7,14H2. The number of hydrogen-bond acceptors (Lipinski definition) is 4. The first-order valence-corrected chi connectivity index (χ1v) is 9.22. The molecule has 2 fully saturated rings. The molecule has 2 bridgehead atoms. The Hall–Kier alpha value is -0.430. The zero-order valence-corrected chi connectivity index (χ0v) is 12.5. The summed E-state index contributed by atoms with van der Waals surface area (Å²) in [7, 11) is -3.35. The first-order chi connectivity index (χ1) is 9.08. The molecular weight excluding hydrogens is 280 g/mol. The summed E-state index contributed by atoms with van der Waals surface area (Å²) in [5, 5.41) is 1.67. The van der Waals surface area contributed by atoms with Crippen LogP contribution >= 0.6 is 11.3 Å². The third-order valence-corrected chi connectivity index (χ3v) is 7.07. The minimum absolute atomic E-state index is 0.362. The predicted molar refractivity (Wildman–Crippen MR) is 76.3 cm³/mol. The molecule has 1 aromatic heterocycles. The van der Waals surface area contributed by atoms with E-state index in [4.69, 9.17) is 5.73 Å². The highest BCUT2D eigenvalue weighted by atomic mass is 32.2.